The molecule has 0 spiro atoms. The zero-order valence-corrected chi connectivity index (χ0v) is 22.1. The van der Waals surface area contributed by atoms with Crippen molar-refractivity contribution in [3.63, 3.8) is 0 Å². The largest absolute Gasteiger partial charge is 0.272 e. The predicted octanol–water partition coefficient (Wildman–Crippen LogP) is 6.66. The number of hydrogen-bond acceptors (Lipinski definition) is 3. The molecule has 190 valence electrons. The smallest absolute Gasteiger partial charge is 0.271 e. The number of aromatic nitrogens is 1. The summed E-state index contributed by atoms with van der Waals surface area (Å²) in [6.07, 6.45) is 5.60. The lowest BCUT2D eigenvalue weighted by molar-refractivity contribution is 0.476. The van der Waals surface area contributed by atoms with Crippen LogP contribution in [-0.2, 0) is 0 Å². The Balaban J connectivity index is 1.59. The summed E-state index contributed by atoms with van der Waals surface area (Å²) in [5.74, 6) is -0.445. The van der Waals surface area contributed by atoms with Crippen LogP contribution in [0.4, 0.5) is 8.78 Å². The number of hydrogen-bond donors (Lipinski definition) is 0. The Kier molecular flexibility index (Phi) is 6.46. The average Bonchev–Trinajstić information content (AvgIpc) is 3.22. The molecule has 1 aliphatic carbocycles. The number of nitrogens with zero attached hydrogens (tertiary/aromatic N) is 2. The highest BCUT2D eigenvalue weighted by Gasteiger charge is 2.35. The topological polar surface area (TPSA) is 34.4 Å². The summed E-state index contributed by atoms with van der Waals surface area (Å²) in [5, 5.41) is 0.627. The van der Waals surface area contributed by atoms with Crippen LogP contribution in [0.25, 0.3) is 12.2 Å². The maximum atomic E-state index is 13.9. The zero-order valence-electron chi connectivity index (χ0n) is 20.5. The van der Waals surface area contributed by atoms with E-state index in [0.717, 1.165) is 46.4 Å². The van der Waals surface area contributed by atoms with Crippen LogP contribution in [0.1, 0.15) is 42.5 Å². The van der Waals surface area contributed by atoms with Gasteiger partial charge in [-0.15, -0.1) is 0 Å². The first kappa shape index (κ1) is 24.7. The van der Waals surface area contributed by atoms with Crippen LogP contribution in [-0.4, -0.2) is 4.57 Å². The second kappa shape index (κ2) is 9.93. The van der Waals surface area contributed by atoms with Gasteiger partial charge in [0.25, 0.3) is 5.56 Å². The van der Waals surface area contributed by atoms with E-state index in [1.165, 1.54) is 35.6 Å². The van der Waals surface area contributed by atoms with E-state index in [9.17, 15) is 13.6 Å². The summed E-state index contributed by atoms with van der Waals surface area (Å²) in [5.41, 5.74) is 5.42. The molecule has 0 radical (unpaired) electrons. The molecule has 7 heteroatoms. The minimum atomic E-state index is -0.402. The molecule has 2 atom stereocenters. The minimum Gasteiger partial charge on any atom is -0.272 e. The van der Waals surface area contributed by atoms with Crippen molar-refractivity contribution in [2.75, 3.05) is 0 Å². The fourth-order valence-corrected chi connectivity index (χ4v) is 6.34. The second-order valence-electron chi connectivity index (χ2n) is 9.65. The Hall–Kier alpha value is -3.61. The lowest BCUT2D eigenvalue weighted by Crippen LogP contribution is -2.40. The van der Waals surface area contributed by atoms with E-state index in [1.54, 1.807) is 41.0 Å². The van der Waals surface area contributed by atoms with Crippen LogP contribution in [0.2, 0.25) is 5.02 Å². The zero-order chi connectivity index (χ0) is 26.4. The van der Waals surface area contributed by atoms with Crippen molar-refractivity contribution in [1.29, 1.82) is 0 Å². The van der Waals surface area contributed by atoms with E-state index >= 15 is 0 Å². The quantitative estimate of drug-likeness (QED) is 0.284. The maximum Gasteiger partial charge on any atom is 0.271 e. The molecule has 6 rings (SSSR count). The van der Waals surface area contributed by atoms with Gasteiger partial charge in [0.15, 0.2) is 4.80 Å². The fourth-order valence-electron chi connectivity index (χ4n) is 5.21. The molecule has 3 nitrogen and oxygen atoms in total. The molecule has 1 aliphatic heterocycles. The normalized spacial score (nSPS) is 20.3. The SMILES string of the molecule is CC1CCC(=Cc2ccc(F)cc2)C2=C1C(c1ccc(F)cc1)n1c(sc(=Cc3ccc(Cl)cc3)c1=O)=N2. The molecule has 4 aromatic rings. The molecule has 0 saturated heterocycles. The van der Waals surface area contributed by atoms with E-state index in [0.29, 0.717) is 14.4 Å². The predicted molar refractivity (Wildman–Crippen MR) is 149 cm³/mol. The maximum absolute atomic E-state index is 13.9. The highest BCUT2D eigenvalue weighted by molar-refractivity contribution is 7.07. The highest BCUT2D eigenvalue weighted by atomic mass is 35.5. The van der Waals surface area contributed by atoms with Crippen LogP contribution >= 0.6 is 22.9 Å². The van der Waals surface area contributed by atoms with Crippen molar-refractivity contribution in [3.8, 4) is 0 Å². The van der Waals surface area contributed by atoms with Gasteiger partial charge in [0.1, 0.15) is 11.6 Å². The molecule has 1 aromatic heterocycles. The third-order valence-corrected chi connectivity index (χ3v) is 8.35. The Morgan fingerprint density at radius 1 is 0.921 bits per heavy atom. The Morgan fingerprint density at radius 3 is 2.21 bits per heavy atom. The van der Waals surface area contributed by atoms with Gasteiger partial charge in [0, 0.05) is 5.02 Å². The van der Waals surface area contributed by atoms with Crippen molar-refractivity contribution in [3.05, 3.63) is 143 Å². The van der Waals surface area contributed by atoms with Gasteiger partial charge < -0.3 is 0 Å². The fraction of sp³-hybridized carbons (Fsp3) is 0.161. The molecule has 0 saturated carbocycles. The van der Waals surface area contributed by atoms with Crippen LogP contribution in [0.15, 0.2) is 99.4 Å². The third-order valence-electron chi connectivity index (χ3n) is 7.12. The van der Waals surface area contributed by atoms with E-state index in [4.69, 9.17) is 16.6 Å². The number of halogens is 3. The summed E-state index contributed by atoms with van der Waals surface area (Å²) in [6, 6.07) is 19.7. The molecular formula is C31H23ClF2N2OS. The monoisotopic (exact) mass is 544 g/mol. The Labute approximate surface area is 227 Å². The van der Waals surface area contributed by atoms with Crippen LogP contribution in [0.5, 0.6) is 0 Å². The minimum absolute atomic E-state index is 0.133. The molecule has 3 aromatic carbocycles. The molecule has 2 unspecified atom stereocenters. The highest BCUT2D eigenvalue weighted by Crippen LogP contribution is 2.44. The van der Waals surface area contributed by atoms with Gasteiger partial charge in [0.2, 0.25) is 0 Å². The van der Waals surface area contributed by atoms with Crippen LogP contribution in [0, 0.1) is 17.6 Å². The second-order valence-corrected chi connectivity index (χ2v) is 11.1. The van der Waals surface area contributed by atoms with E-state index in [-0.39, 0.29) is 23.1 Å². The summed E-state index contributed by atoms with van der Waals surface area (Å²) in [6.45, 7) is 2.15. The number of thiazole rings is 1. The standard InChI is InChI=1S/C31H23ClF2N2OS/c1-18-2-7-22(16-19-5-12-24(33)13-6-19)28-27(18)29(21-8-14-25(34)15-9-21)36-30(37)26(38-31(36)35-28)17-20-3-10-23(32)11-4-20/h3-6,8-18,29H,2,7H2,1H3. The summed E-state index contributed by atoms with van der Waals surface area (Å²) < 4.78 is 29.7. The van der Waals surface area contributed by atoms with Crippen molar-refractivity contribution in [2.24, 2.45) is 10.9 Å². The van der Waals surface area contributed by atoms with E-state index in [1.807, 2.05) is 24.3 Å². The molecule has 0 bridgehead atoms. The van der Waals surface area contributed by atoms with Crippen molar-refractivity contribution in [2.45, 2.75) is 25.8 Å². The lowest BCUT2D eigenvalue weighted by Gasteiger charge is -2.34. The first-order valence-corrected chi connectivity index (χ1v) is 13.6. The molecule has 0 amide bonds. The Morgan fingerprint density at radius 2 is 1.53 bits per heavy atom. The summed E-state index contributed by atoms with van der Waals surface area (Å²) in [4.78, 5) is 19.5. The van der Waals surface area contributed by atoms with Crippen molar-refractivity contribution in [1.82, 2.24) is 4.57 Å². The summed E-state index contributed by atoms with van der Waals surface area (Å²) >= 11 is 7.38. The number of fused-ring (bicyclic) bond motifs is 1. The first-order valence-electron chi connectivity index (χ1n) is 12.4. The molecule has 2 aliphatic rings. The summed E-state index contributed by atoms with van der Waals surface area (Å²) in [7, 11) is 0. The average molecular weight is 545 g/mol. The van der Waals surface area contributed by atoms with Gasteiger partial charge in [-0.1, -0.05) is 66.3 Å². The lowest BCUT2D eigenvalue weighted by atomic mass is 9.77. The van der Waals surface area contributed by atoms with Gasteiger partial charge in [-0.25, -0.2) is 13.8 Å². The first-order chi connectivity index (χ1) is 18.4. The van der Waals surface area contributed by atoms with Gasteiger partial charge in [-0.05, 0) is 95.1 Å². The molecule has 2 heterocycles. The molecule has 0 fully saturated rings. The number of allylic oxidation sites excluding steroid dienone is 2. The van der Waals surface area contributed by atoms with Gasteiger partial charge in [-0.2, -0.15) is 0 Å². The van der Waals surface area contributed by atoms with Crippen LogP contribution in [0.3, 0.4) is 0 Å². The van der Waals surface area contributed by atoms with Crippen molar-refractivity contribution >= 4 is 35.1 Å². The third kappa shape index (κ3) is 4.59. The molecule has 38 heavy (non-hydrogen) atoms. The Bertz CT molecular complexity index is 1770. The van der Waals surface area contributed by atoms with Crippen LogP contribution < -0.4 is 14.9 Å². The van der Waals surface area contributed by atoms with E-state index < -0.39 is 6.04 Å². The molecular weight excluding hydrogens is 522 g/mol. The number of benzene rings is 3. The van der Waals surface area contributed by atoms with E-state index in [2.05, 4.69) is 6.92 Å². The van der Waals surface area contributed by atoms with Gasteiger partial charge in [-0.3, -0.25) is 9.36 Å². The molecule has 0 N–H and O–H groups in total. The van der Waals surface area contributed by atoms with Gasteiger partial charge >= 0.3 is 0 Å². The van der Waals surface area contributed by atoms with Crippen molar-refractivity contribution < 1.29 is 8.78 Å². The van der Waals surface area contributed by atoms with Gasteiger partial charge in [0.05, 0.1) is 16.3 Å². The number of rotatable bonds is 3.